The lowest BCUT2D eigenvalue weighted by molar-refractivity contribution is 0.0176. The van der Waals surface area contributed by atoms with Crippen molar-refractivity contribution in [2.45, 2.75) is 31.4 Å². The molecule has 0 saturated heterocycles. The number of pyridine rings is 1. The van der Waals surface area contributed by atoms with Gasteiger partial charge in [-0.05, 0) is 31.0 Å². The van der Waals surface area contributed by atoms with Gasteiger partial charge < -0.3 is 20.5 Å². The fourth-order valence-corrected chi connectivity index (χ4v) is 3.96. The van der Waals surface area contributed by atoms with E-state index in [-0.39, 0.29) is 40.2 Å². The number of fused-ring (bicyclic) bond motifs is 1. The number of anilines is 1. The van der Waals surface area contributed by atoms with Crippen molar-refractivity contribution in [3.05, 3.63) is 52.6 Å². The first-order valence-electron chi connectivity index (χ1n) is 9.57. The normalized spacial score (nSPS) is 23.5. The highest BCUT2D eigenvalue weighted by molar-refractivity contribution is 6.04. The average Bonchev–Trinajstić information content (AvgIpc) is 3.54. The Morgan fingerprint density at radius 3 is 2.84 bits per heavy atom. The Bertz CT molecular complexity index is 1180. The lowest BCUT2D eigenvalue weighted by atomic mass is 9.83. The molecule has 1 saturated carbocycles. The van der Waals surface area contributed by atoms with Crippen LogP contribution in [0.3, 0.4) is 0 Å². The summed E-state index contributed by atoms with van der Waals surface area (Å²) < 4.78 is 54.1. The van der Waals surface area contributed by atoms with E-state index in [9.17, 15) is 13.6 Å². The fourth-order valence-electron chi connectivity index (χ4n) is 3.96. The summed E-state index contributed by atoms with van der Waals surface area (Å²) in [5, 5.41) is 11.5. The van der Waals surface area contributed by atoms with Crippen LogP contribution in [0.4, 0.5) is 18.9 Å². The number of alkyl halides is 2. The second kappa shape index (κ2) is 7.71. The Hall–Kier alpha value is -3.81. The van der Waals surface area contributed by atoms with E-state index in [4.69, 9.17) is 20.5 Å². The summed E-state index contributed by atoms with van der Waals surface area (Å²) >= 11 is 0. The summed E-state index contributed by atoms with van der Waals surface area (Å²) in [5.74, 6) is -2.28. The molecule has 3 N–H and O–H groups in total. The highest BCUT2D eigenvalue weighted by atomic mass is 19.3. The molecule has 1 aliphatic carbocycles. The van der Waals surface area contributed by atoms with Crippen LogP contribution in [0.15, 0.2) is 29.4 Å². The Morgan fingerprint density at radius 2 is 2.19 bits per heavy atom. The van der Waals surface area contributed by atoms with Crippen LogP contribution < -0.4 is 15.8 Å². The number of aryl methyl sites for hydroxylation is 1. The summed E-state index contributed by atoms with van der Waals surface area (Å²) in [6.45, 7) is 1.39. The number of rotatable bonds is 5. The van der Waals surface area contributed by atoms with Crippen molar-refractivity contribution in [3.63, 3.8) is 0 Å². The third-order valence-electron chi connectivity index (χ3n) is 5.56. The van der Waals surface area contributed by atoms with E-state index < -0.39 is 41.7 Å². The quantitative estimate of drug-likeness (QED) is 0.730. The molecular weight excluding hydrogens is 427 g/mol. The van der Waals surface area contributed by atoms with Crippen molar-refractivity contribution in [3.8, 4) is 11.8 Å². The zero-order valence-corrected chi connectivity index (χ0v) is 17.0. The van der Waals surface area contributed by atoms with Gasteiger partial charge in [0.2, 0.25) is 0 Å². The number of nitrogens with one attached hydrogen (secondary N) is 1. The van der Waals surface area contributed by atoms with Gasteiger partial charge in [0, 0.05) is 29.4 Å². The van der Waals surface area contributed by atoms with Crippen molar-refractivity contribution in [2.24, 2.45) is 16.6 Å². The molecule has 32 heavy (non-hydrogen) atoms. The molecule has 1 aromatic heterocycles. The van der Waals surface area contributed by atoms with Crippen molar-refractivity contribution < 1.29 is 27.4 Å². The Labute approximate surface area is 180 Å². The van der Waals surface area contributed by atoms with Crippen LogP contribution in [0.25, 0.3) is 0 Å². The molecule has 2 aliphatic rings. The zero-order chi connectivity index (χ0) is 23.2. The van der Waals surface area contributed by atoms with Crippen LogP contribution in [0.2, 0.25) is 0 Å². The first kappa shape index (κ1) is 21.4. The highest BCUT2D eigenvalue weighted by Crippen LogP contribution is 2.56. The first-order valence-corrected chi connectivity index (χ1v) is 9.57. The van der Waals surface area contributed by atoms with Gasteiger partial charge in [-0.1, -0.05) is 0 Å². The van der Waals surface area contributed by atoms with Gasteiger partial charge in [-0.2, -0.15) is 5.26 Å². The van der Waals surface area contributed by atoms with Crippen LogP contribution in [-0.4, -0.2) is 36.6 Å². The summed E-state index contributed by atoms with van der Waals surface area (Å²) in [5.41, 5.74) is 3.17. The molecule has 8 nitrogen and oxygen atoms in total. The second-order valence-corrected chi connectivity index (χ2v) is 7.57. The van der Waals surface area contributed by atoms with E-state index in [0.717, 1.165) is 6.07 Å². The molecule has 0 bridgehead atoms. The summed E-state index contributed by atoms with van der Waals surface area (Å²) in [7, 11) is 1.31. The molecule has 1 amide bonds. The van der Waals surface area contributed by atoms with E-state index >= 15 is 4.39 Å². The summed E-state index contributed by atoms with van der Waals surface area (Å²) in [6, 6.07) is 5.22. The van der Waals surface area contributed by atoms with Crippen molar-refractivity contribution in [2.75, 3.05) is 12.4 Å². The van der Waals surface area contributed by atoms with Gasteiger partial charge in [-0.25, -0.2) is 23.1 Å². The molecule has 1 fully saturated rings. The van der Waals surface area contributed by atoms with Crippen LogP contribution in [0.5, 0.6) is 5.75 Å². The maximum atomic E-state index is 15.1. The number of methoxy groups -OCH3 is 1. The van der Waals surface area contributed by atoms with Gasteiger partial charge in [-0.3, -0.25) is 4.79 Å². The molecule has 1 aromatic carbocycles. The van der Waals surface area contributed by atoms with Crippen molar-refractivity contribution in [1.29, 1.82) is 5.26 Å². The number of aliphatic imine (C=N–C) groups is 1. The molecule has 3 atom stereocenters. The molecule has 1 unspecified atom stereocenters. The molecule has 2 heterocycles. The van der Waals surface area contributed by atoms with E-state index in [0.29, 0.717) is 0 Å². The number of hydrogen-bond donors (Lipinski definition) is 2. The number of nitrogens with zero attached hydrogens (tertiary/aromatic N) is 3. The van der Waals surface area contributed by atoms with Crippen LogP contribution in [-0.2, 0) is 10.3 Å². The highest BCUT2D eigenvalue weighted by Gasteiger charge is 2.64. The minimum atomic E-state index is -3.06. The number of carbonyl (C=O) groups excluding carboxylic acids is 1. The third kappa shape index (κ3) is 3.37. The summed E-state index contributed by atoms with van der Waals surface area (Å²) in [6.07, 6.45) is -2.17. The molecule has 11 heteroatoms. The molecule has 2 aromatic rings. The topological polar surface area (TPSA) is 123 Å². The van der Waals surface area contributed by atoms with E-state index in [1.54, 1.807) is 0 Å². The largest absolute Gasteiger partial charge is 0.494 e. The van der Waals surface area contributed by atoms with E-state index in [1.807, 2.05) is 6.07 Å². The lowest BCUT2D eigenvalue weighted by Crippen LogP contribution is -2.43. The van der Waals surface area contributed by atoms with Crippen molar-refractivity contribution >= 4 is 17.6 Å². The number of amidine groups is 1. The maximum Gasteiger partial charge on any atom is 0.283 e. The minimum absolute atomic E-state index is 0.0371. The number of halogens is 3. The van der Waals surface area contributed by atoms with Crippen LogP contribution in [0.1, 0.15) is 33.6 Å². The maximum absolute atomic E-state index is 15.1. The Balaban J connectivity index is 1.75. The number of benzene rings is 1. The first-order chi connectivity index (χ1) is 15.2. The van der Waals surface area contributed by atoms with Gasteiger partial charge in [-0.15, -0.1) is 0 Å². The Morgan fingerprint density at radius 1 is 1.44 bits per heavy atom. The predicted molar refractivity (Wildman–Crippen MR) is 107 cm³/mol. The average molecular weight is 445 g/mol. The van der Waals surface area contributed by atoms with Gasteiger partial charge in [0.05, 0.1) is 12.7 Å². The van der Waals surface area contributed by atoms with Crippen LogP contribution in [0, 0.1) is 30.0 Å². The number of nitrogens with two attached hydrogens (primary N) is 1. The van der Waals surface area contributed by atoms with Gasteiger partial charge in [0.15, 0.2) is 17.0 Å². The molecular formula is C21H18F3N5O3. The molecule has 0 spiro atoms. The van der Waals surface area contributed by atoms with E-state index in [1.165, 1.54) is 32.4 Å². The number of ether oxygens (including phenoxy) is 2. The molecule has 0 radical (unpaired) electrons. The summed E-state index contributed by atoms with van der Waals surface area (Å²) in [4.78, 5) is 20.5. The number of carbonyl (C=O) groups is 1. The number of nitriles is 1. The van der Waals surface area contributed by atoms with Crippen molar-refractivity contribution in [1.82, 2.24) is 4.98 Å². The van der Waals surface area contributed by atoms with Gasteiger partial charge in [0.25, 0.3) is 18.4 Å². The van der Waals surface area contributed by atoms with Crippen LogP contribution >= 0.6 is 0 Å². The van der Waals surface area contributed by atoms with E-state index in [2.05, 4.69) is 15.3 Å². The fraction of sp³-hybridized carbons (Fsp3) is 0.333. The SMILES string of the molecule is COc1cc(C#N)cnc1C(=O)Nc1cc(C)c(F)c([C@@]2(C(F)F)N=C(N)O[C@@H]3CC32)c1. The van der Waals surface area contributed by atoms with Gasteiger partial charge >= 0.3 is 0 Å². The molecule has 1 aliphatic heterocycles. The number of hydrogen-bond acceptors (Lipinski definition) is 7. The monoisotopic (exact) mass is 445 g/mol. The number of aromatic nitrogens is 1. The number of amides is 1. The smallest absolute Gasteiger partial charge is 0.283 e. The third-order valence-corrected chi connectivity index (χ3v) is 5.56. The second-order valence-electron chi connectivity index (χ2n) is 7.57. The standard InChI is InChI=1S/C21H18F3N5O3/c1-9-3-11(28-18(30)17-15(31-2)4-10(7-25)8-27-17)5-13(16(9)22)21(19(23)24)12-6-14(12)32-20(26)29-21/h3-5,8,12,14,19H,6H2,1-2H3,(H2,26,29)(H,28,30)/t12?,14-,21+/m1/s1. The molecule has 4 rings (SSSR count). The Kier molecular flexibility index (Phi) is 5.16. The molecule has 166 valence electrons. The minimum Gasteiger partial charge on any atom is -0.494 e. The van der Waals surface area contributed by atoms with Gasteiger partial charge in [0.1, 0.15) is 18.0 Å². The predicted octanol–water partition coefficient (Wildman–Crippen LogP) is 2.86. The zero-order valence-electron chi connectivity index (χ0n) is 17.0. The lowest BCUT2D eigenvalue weighted by Gasteiger charge is -2.33.